The minimum atomic E-state index is 0.174. The number of ether oxygens (including phenoxy) is 1. The zero-order chi connectivity index (χ0) is 7.49. The molecule has 0 saturated carbocycles. The number of nitrogens with one attached hydrogen (secondary N) is 1. The van der Waals surface area contributed by atoms with E-state index < -0.39 is 0 Å². The van der Waals surface area contributed by atoms with Gasteiger partial charge in [-0.2, -0.15) is 0 Å². The molecule has 0 atom stereocenters. The monoisotopic (exact) mass is 129 g/mol. The second kappa shape index (κ2) is 2.85. The van der Waals surface area contributed by atoms with Crippen LogP contribution in [0, 0.1) is 10.8 Å². The molecule has 0 aromatic carbocycles. The van der Waals surface area contributed by atoms with Crippen molar-refractivity contribution in [3.05, 3.63) is 0 Å². The highest BCUT2D eigenvalue weighted by Crippen LogP contribution is 2.18. The van der Waals surface area contributed by atoms with Gasteiger partial charge in [0.2, 0.25) is 0 Å². The third-order valence-electron chi connectivity index (χ3n) is 0.937. The Balaban J connectivity index is 3.60. The molecule has 0 heterocycles. The maximum Gasteiger partial charge on any atom is 0.180 e. The molecule has 54 valence electrons. The van der Waals surface area contributed by atoms with Gasteiger partial charge < -0.3 is 4.74 Å². The molecule has 9 heavy (non-hydrogen) atoms. The van der Waals surface area contributed by atoms with E-state index in [2.05, 4.69) is 20.8 Å². The summed E-state index contributed by atoms with van der Waals surface area (Å²) in [7, 11) is 1.54. The Kier molecular flexibility index (Phi) is 2.68. The Hall–Kier alpha value is -0.530. The van der Waals surface area contributed by atoms with Gasteiger partial charge in [-0.05, 0) is 5.41 Å². The number of rotatable bonds is 1. The van der Waals surface area contributed by atoms with Crippen LogP contribution in [-0.4, -0.2) is 13.0 Å². The fraction of sp³-hybridized carbons (Fsp3) is 0.857. The number of methoxy groups -OCH3 is 1. The number of hydrogen-bond acceptors (Lipinski definition) is 2. The molecular formula is C7H15NO. The first-order valence-corrected chi connectivity index (χ1v) is 3.07. The van der Waals surface area contributed by atoms with Crippen LogP contribution in [0.5, 0.6) is 0 Å². The first-order chi connectivity index (χ1) is 3.95. The minimum Gasteiger partial charge on any atom is -0.484 e. The third kappa shape index (κ3) is 5.34. The lowest BCUT2D eigenvalue weighted by Crippen LogP contribution is -2.13. The Morgan fingerprint density at radius 3 is 2.00 bits per heavy atom. The van der Waals surface area contributed by atoms with Crippen molar-refractivity contribution < 1.29 is 4.74 Å². The predicted octanol–water partition coefficient (Wildman–Crippen LogP) is 2.05. The minimum absolute atomic E-state index is 0.174. The second-order valence-corrected chi connectivity index (χ2v) is 3.36. The molecule has 0 aliphatic rings. The van der Waals surface area contributed by atoms with Crippen LogP contribution in [0.2, 0.25) is 0 Å². The summed E-state index contributed by atoms with van der Waals surface area (Å²) in [6.45, 7) is 6.25. The second-order valence-electron chi connectivity index (χ2n) is 3.36. The van der Waals surface area contributed by atoms with E-state index in [1.54, 1.807) is 0 Å². The highest BCUT2D eigenvalue weighted by Gasteiger charge is 2.12. The molecule has 0 fully saturated rings. The highest BCUT2D eigenvalue weighted by molar-refractivity contribution is 5.72. The van der Waals surface area contributed by atoms with Crippen molar-refractivity contribution >= 4 is 5.90 Å². The van der Waals surface area contributed by atoms with Crippen LogP contribution in [0.25, 0.3) is 0 Å². The van der Waals surface area contributed by atoms with Crippen LogP contribution in [0.4, 0.5) is 0 Å². The molecule has 0 aliphatic heterocycles. The highest BCUT2D eigenvalue weighted by atomic mass is 16.5. The summed E-state index contributed by atoms with van der Waals surface area (Å²) in [4.78, 5) is 0. The van der Waals surface area contributed by atoms with E-state index in [0.29, 0.717) is 12.3 Å². The molecule has 0 bridgehead atoms. The van der Waals surface area contributed by atoms with E-state index >= 15 is 0 Å². The van der Waals surface area contributed by atoms with Crippen LogP contribution >= 0.6 is 0 Å². The SMILES string of the molecule is COC(=N)CC(C)(C)C. The van der Waals surface area contributed by atoms with Crippen LogP contribution in [0.3, 0.4) is 0 Å². The molecule has 0 aromatic heterocycles. The third-order valence-corrected chi connectivity index (χ3v) is 0.937. The molecule has 0 unspecified atom stereocenters. The molecule has 0 saturated heterocycles. The molecule has 0 aliphatic carbocycles. The summed E-state index contributed by atoms with van der Waals surface area (Å²) in [5, 5.41) is 7.17. The fourth-order valence-electron chi connectivity index (χ4n) is 0.554. The van der Waals surface area contributed by atoms with E-state index in [-0.39, 0.29) is 5.41 Å². The van der Waals surface area contributed by atoms with Crippen molar-refractivity contribution in [1.29, 1.82) is 5.41 Å². The van der Waals surface area contributed by atoms with Gasteiger partial charge in [0.05, 0.1) is 7.11 Å². The van der Waals surface area contributed by atoms with Crippen molar-refractivity contribution in [1.82, 2.24) is 0 Å². The summed E-state index contributed by atoms with van der Waals surface area (Å²) in [6, 6.07) is 0. The maximum absolute atomic E-state index is 7.17. The molecule has 0 spiro atoms. The molecule has 1 N–H and O–H groups in total. The Morgan fingerprint density at radius 1 is 1.44 bits per heavy atom. The lowest BCUT2D eigenvalue weighted by Gasteiger charge is -2.16. The van der Waals surface area contributed by atoms with E-state index in [1.807, 2.05) is 0 Å². The van der Waals surface area contributed by atoms with Gasteiger partial charge in [-0.25, -0.2) is 0 Å². The zero-order valence-corrected chi connectivity index (χ0v) is 6.62. The summed E-state index contributed by atoms with van der Waals surface area (Å²) in [6.07, 6.45) is 0.712. The molecule has 0 rings (SSSR count). The molecular weight excluding hydrogens is 114 g/mol. The first kappa shape index (κ1) is 8.47. The van der Waals surface area contributed by atoms with Gasteiger partial charge in [-0.15, -0.1) is 0 Å². The topological polar surface area (TPSA) is 33.1 Å². The average molecular weight is 129 g/mol. The Morgan fingerprint density at radius 2 is 1.89 bits per heavy atom. The van der Waals surface area contributed by atoms with Crippen LogP contribution in [0.1, 0.15) is 27.2 Å². The summed E-state index contributed by atoms with van der Waals surface area (Å²) in [5.74, 6) is 0.363. The van der Waals surface area contributed by atoms with Gasteiger partial charge in [-0.3, -0.25) is 5.41 Å². The quantitative estimate of drug-likeness (QED) is 0.426. The molecule has 2 nitrogen and oxygen atoms in total. The van der Waals surface area contributed by atoms with Crippen molar-refractivity contribution in [2.45, 2.75) is 27.2 Å². The number of hydrogen-bond donors (Lipinski definition) is 1. The van der Waals surface area contributed by atoms with Gasteiger partial charge in [0, 0.05) is 6.42 Å². The van der Waals surface area contributed by atoms with Gasteiger partial charge in [-0.1, -0.05) is 20.8 Å². The van der Waals surface area contributed by atoms with Crippen LogP contribution in [-0.2, 0) is 4.74 Å². The molecule has 0 amide bonds. The first-order valence-electron chi connectivity index (χ1n) is 3.07. The largest absolute Gasteiger partial charge is 0.484 e. The standard InChI is InChI=1S/C7H15NO/c1-7(2,3)5-6(8)9-4/h8H,5H2,1-4H3. The van der Waals surface area contributed by atoms with Crippen molar-refractivity contribution in [3.8, 4) is 0 Å². The van der Waals surface area contributed by atoms with Gasteiger partial charge in [0.1, 0.15) is 0 Å². The summed E-state index contributed by atoms with van der Waals surface area (Å²) >= 11 is 0. The van der Waals surface area contributed by atoms with E-state index in [0.717, 1.165) is 0 Å². The van der Waals surface area contributed by atoms with Gasteiger partial charge >= 0.3 is 0 Å². The smallest absolute Gasteiger partial charge is 0.180 e. The van der Waals surface area contributed by atoms with Gasteiger partial charge in [0.15, 0.2) is 5.90 Å². The van der Waals surface area contributed by atoms with E-state index in [9.17, 15) is 0 Å². The predicted molar refractivity (Wildman–Crippen MR) is 38.8 cm³/mol. The Labute approximate surface area is 56.7 Å². The molecule has 0 aromatic rings. The summed E-state index contributed by atoms with van der Waals surface area (Å²) < 4.78 is 4.71. The average Bonchev–Trinajstić information content (AvgIpc) is 1.62. The fourth-order valence-corrected chi connectivity index (χ4v) is 0.554. The molecule has 2 heteroatoms. The zero-order valence-electron chi connectivity index (χ0n) is 6.62. The van der Waals surface area contributed by atoms with Crippen molar-refractivity contribution in [2.24, 2.45) is 5.41 Å². The van der Waals surface area contributed by atoms with E-state index in [4.69, 9.17) is 10.1 Å². The normalized spacial score (nSPS) is 11.1. The lowest BCUT2D eigenvalue weighted by molar-refractivity contribution is 0.339. The molecule has 0 radical (unpaired) electrons. The van der Waals surface area contributed by atoms with Gasteiger partial charge in [0.25, 0.3) is 0 Å². The van der Waals surface area contributed by atoms with E-state index in [1.165, 1.54) is 7.11 Å². The Bertz CT molecular complexity index is 102. The van der Waals surface area contributed by atoms with Crippen molar-refractivity contribution in [2.75, 3.05) is 7.11 Å². The lowest BCUT2D eigenvalue weighted by atomic mass is 9.92. The maximum atomic E-state index is 7.17. The summed E-state index contributed by atoms with van der Waals surface area (Å²) in [5.41, 5.74) is 0.174. The van der Waals surface area contributed by atoms with Crippen molar-refractivity contribution in [3.63, 3.8) is 0 Å². The van der Waals surface area contributed by atoms with Crippen LogP contribution < -0.4 is 0 Å². The van der Waals surface area contributed by atoms with Crippen LogP contribution in [0.15, 0.2) is 0 Å².